The van der Waals surface area contributed by atoms with Gasteiger partial charge in [0.05, 0.1) is 28.9 Å². The summed E-state index contributed by atoms with van der Waals surface area (Å²) >= 11 is 6.19. The van der Waals surface area contributed by atoms with E-state index < -0.39 is 5.91 Å². The van der Waals surface area contributed by atoms with Crippen molar-refractivity contribution in [3.8, 4) is 17.1 Å². The van der Waals surface area contributed by atoms with Gasteiger partial charge in [0.15, 0.2) is 6.61 Å². The summed E-state index contributed by atoms with van der Waals surface area (Å²) in [6.07, 6.45) is 0. The number of rotatable bonds is 7. The second-order valence-corrected chi connectivity index (χ2v) is 6.68. The van der Waals surface area contributed by atoms with E-state index in [1.807, 2.05) is 25.5 Å². The Morgan fingerprint density at radius 3 is 2.63 bits per heavy atom. The highest BCUT2D eigenvalue weighted by Crippen LogP contribution is 2.25. The molecular formula is C18H20ClN5O3. The molecule has 0 bridgehead atoms. The van der Waals surface area contributed by atoms with Gasteiger partial charge in [0.1, 0.15) is 5.75 Å². The first-order valence-electron chi connectivity index (χ1n) is 8.39. The number of aromatic nitrogens is 4. The third-order valence-corrected chi connectivity index (χ3v) is 4.64. The molecule has 1 unspecified atom stereocenters. The predicted octanol–water partition coefficient (Wildman–Crippen LogP) is 2.87. The molecule has 8 nitrogen and oxygen atoms in total. The quantitative estimate of drug-likeness (QED) is 0.665. The summed E-state index contributed by atoms with van der Waals surface area (Å²) in [6, 6.07) is 7.01. The number of halogens is 1. The topological polar surface area (TPSA) is 109 Å². The van der Waals surface area contributed by atoms with Gasteiger partial charge >= 0.3 is 0 Å². The molecule has 3 rings (SSSR count). The van der Waals surface area contributed by atoms with E-state index in [0.29, 0.717) is 29.0 Å². The Hall–Kier alpha value is -2.87. The maximum atomic E-state index is 10.8. The number of ether oxygens (including phenoxy) is 1. The third kappa shape index (κ3) is 4.28. The number of amides is 1. The van der Waals surface area contributed by atoms with Crippen molar-refractivity contribution < 1.29 is 14.1 Å². The fourth-order valence-corrected chi connectivity index (χ4v) is 2.73. The van der Waals surface area contributed by atoms with Crippen LogP contribution >= 0.6 is 11.6 Å². The Morgan fingerprint density at radius 1 is 1.33 bits per heavy atom. The molecule has 9 heteroatoms. The lowest BCUT2D eigenvalue weighted by atomic mass is 10.1. The average Bonchev–Trinajstić information content (AvgIpc) is 3.22. The van der Waals surface area contributed by atoms with Crippen LogP contribution in [0.4, 0.5) is 0 Å². The van der Waals surface area contributed by atoms with Crippen molar-refractivity contribution in [3.05, 3.63) is 46.6 Å². The molecule has 0 aliphatic carbocycles. The molecule has 3 aromatic rings. The number of nitrogens with zero attached hydrogens (tertiary/aromatic N) is 4. The number of nitrogens with two attached hydrogens (primary N) is 1. The Morgan fingerprint density at radius 2 is 2.04 bits per heavy atom. The third-order valence-electron chi connectivity index (χ3n) is 4.10. The van der Waals surface area contributed by atoms with Crippen LogP contribution in [-0.4, -0.2) is 32.4 Å². The number of hydrogen-bond donors (Lipinski definition) is 1. The first-order chi connectivity index (χ1) is 12.8. The molecule has 0 radical (unpaired) electrons. The molecule has 2 N–H and O–H groups in total. The lowest BCUT2D eigenvalue weighted by Crippen LogP contribution is -2.19. The fraction of sp³-hybridized carbons (Fsp3) is 0.333. The van der Waals surface area contributed by atoms with Crippen LogP contribution in [0.5, 0.6) is 5.75 Å². The molecule has 1 atom stereocenters. The van der Waals surface area contributed by atoms with Crippen LogP contribution in [0.1, 0.15) is 30.1 Å². The van der Waals surface area contributed by atoms with Crippen LogP contribution in [0.3, 0.4) is 0 Å². The smallest absolute Gasteiger partial charge is 0.255 e. The summed E-state index contributed by atoms with van der Waals surface area (Å²) in [4.78, 5) is 15.2. The first kappa shape index (κ1) is 18.9. The fourth-order valence-electron chi connectivity index (χ4n) is 2.60. The second kappa shape index (κ2) is 7.79. The molecule has 142 valence electrons. The van der Waals surface area contributed by atoms with Gasteiger partial charge in [0, 0.05) is 5.56 Å². The second-order valence-electron chi connectivity index (χ2n) is 6.30. The van der Waals surface area contributed by atoms with Crippen molar-refractivity contribution in [2.45, 2.75) is 33.2 Å². The van der Waals surface area contributed by atoms with Gasteiger partial charge in [-0.15, -0.1) is 0 Å². The van der Waals surface area contributed by atoms with Gasteiger partial charge in [0.2, 0.25) is 11.7 Å². The minimum atomic E-state index is -0.528. The van der Waals surface area contributed by atoms with Crippen LogP contribution < -0.4 is 10.5 Å². The summed E-state index contributed by atoms with van der Waals surface area (Å²) in [7, 11) is 0. The standard InChI is InChI=1S/C18H20ClN5O3/c1-10(8-24-12(3)16(19)11(2)22-24)18-21-17(23-27-18)13-4-6-14(7-5-13)26-9-15(20)25/h4-7,10H,8-9H2,1-3H3,(H2,20,25). The Balaban J connectivity index is 1.70. The van der Waals surface area contributed by atoms with Crippen molar-refractivity contribution in [2.75, 3.05) is 6.61 Å². The summed E-state index contributed by atoms with van der Waals surface area (Å²) in [5.74, 6) is 0.974. The minimum Gasteiger partial charge on any atom is -0.484 e. The molecule has 1 aromatic carbocycles. The maximum absolute atomic E-state index is 10.8. The van der Waals surface area contributed by atoms with Crippen LogP contribution in [0.25, 0.3) is 11.4 Å². The Labute approximate surface area is 161 Å². The van der Waals surface area contributed by atoms with E-state index in [0.717, 1.165) is 17.0 Å². The van der Waals surface area contributed by atoms with Gasteiger partial charge < -0.3 is 15.0 Å². The highest BCUT2D eigenvalue weighted by Gasteiger charge is 2.18. The summed E-state index contributed by atoms with van der Waals surface area (Å²) in [5, 5.41) is 9.14. The van der Waals surface area contributed by atoms with Gasteiger partial charge in [-0.1, -0.05) is 23.7 Å². The van der Waals surface area contributed by atoms with E-state index in [1.165, 1.54) is 0 Å². The van der Waals surface area contributed by atoms with Crippen molar-refractivity contribution in [2.24, 2.45) is 5.73 Å². The Kier molecular flexibility index (Phi) is 5.46. The molecule has 0 spiro atoms. The minimum absolute atomic E-state index is 0.0292. The molecule has 0 aliphatic heterocycles. The molecule has 0 saturated carbocycles. The lowest BCUT2D eigenvalue weighted by molar-refractivity contribution is -0.119. The molecule has 1 amide bonds. The molecule has 0 aliphatic rings. The van der Waals surface area contributed by atoms with Gasteiger partial charge in [-0.2, -0.15) is 10.1 Å². The number of primary amides is 1. The van der Waals surface area contributed by atoms with E-state index in [4.69, 9.17) is 26.6 Å². The van der Waals surface area contributed by atoms with Gasteiger partial charge in [-0.05, 0) is 38.1 Å². The molecule has 0 saturated heterocycles. The highest BCUT2D eigenvalue weighted by molar-refractivity contribution is 6.31. The molecule has 27 heavy (non-hydrogen) atoms. The van der Waals surface area contributed by atoms with Crippen molar-refractivity contribution in [3.63, 3.8) is 0 Å². The summed E-state index contributed by atoms with van der Waals surface area (Å²) in [6.45, 7) is 6.21. The molecule has 2 heterocycles. The van der Waals surface area contributed by atoms with E-state index in [-0.39, 0.29) is 12.5 Å². The monoisotopic (exact) mass is 389 g/mol. The zero-order valence-corrected chi connectivity index (χ0v) is 16.0. The number of carbonyl (C=O) groups is 1. The zero-order valence-electron chi connectivity index (χ0n) is 15.3. The van der Waals surface area contributed by atoms with Gasteiger partial charge in [-0.3, -0.25) is 9.48 Å². The average molecular weight is 390 g/mol. The molecule has 2 aromatic heterocycles. The maximum Gasteiger partial charge on any atom is 0.255 e. The molecule has 0 fully saturated rings. The van der Waals surface area contributed by atoms with Gasteiger partial charge in [0.25, 0.3) is 5.91 Å². The number of aryl methyl sites for hydroxylation is 1. The lowest BCUT2D eigenvalue weighted by Gasteiger charge is -2.08. The number of benzene rings is 1. The zero-order chi connectivity index (χ0) is 19.6. The summed E-state index contributed by atoms with van der Waals surface area (Å²) in [5.41, 5.74) is 7.54. The Bertz CT molecular complexity index is 949. The highest BCUT2D eigenvalue weighted by atomic mass is 35.5. The van der Waals surface area contributed by atoms with E-state index in [2.05, 4.69) is 15.2 Å². The number of carbonyl (C=O) groups excluding carboxylic acids is 1. The summed E-state index contributed by atoms with van der Waals surface area (Å²) < 4.78 is 12.5. The van der Waals surface area contributed by atoms with E-state index in [9.17, 15) is 4.79 Å². The predicted molar refractivity (Wildman–Crippen MR) is 99.5 cm³/mol. The van der Waals surface area contributed by atoms with Crippen molar-refractivity contribution in [1.29, 1.82) is 0 Å². The SMILES string of the molecule is Cc1nn(CC(C)c2nc(-c3ccc(OCC(N)=O)cc3)no2)c(C)c1Cl. The van der Waals surface area contributed by atoms with Crippen LogP contribution in [0, 0.1) is 13.8 Å². The van der Waals surface area contributed by atoms with Crippen LogP contribution in [0.15, 0.2) is 28.8 Å². The van der Waals surface area contributed by atoms with Crippen molar-refractivity contribution in [1.82, 2.24) is 19.9 Å². The van der Waals surface area contributed by atoms with Crippen LogP contribution in [0.2, 0.25) is 5.02 Å². The van der Waals surface area contributed by atoms with E-state index in [1.54, 1.807) is 24.3 Å². The molecular weight excluding hydrogens is 370 g/mol. The largest absolute Gasteiger partial charge is 0.484 e. The van der Waals surface area contributed by atoms with Crippen LogP contribution in [-0.2, 0) is 11.3 Å². The van der Waals surface area contributed by atoms with Crippen molar-refractivity contribution >= 4 is 17.5 Å². The number of hydrogen-bond acceptors (Lipinski definition) is 6. The van der Waals surface area contributed by atoms with E-state index >= 15 is 0 Å². The van der Waals surface area contributed by atoms with Gasteiger partial charge in [-0.25, -0.2) is 0 Å². The normalized spacial score (nSPS) is 12.1. The first-order valence-corrected chi connectivity index (χ1v) is 8.77.